The number of rotatable bonds is 6. The van der Waals surface area contributed by atoms with Gasteiger partial charge in [-0.3, -0.25) is 0 Å². The topological polar surface area (TPSA) is 12.0 Å². The summed E-state index contributed by atoms with van der Waals surface area (Å²) in [5, 5.41) is 3.68. The highest BCUT2D eigenvalue weighted by Gasteiger charge is 2.32. The fraction of sp³-hybridized carbons (Fsp3) is 0.667. The zero-order chi connectivity index (χ0) is 14.7. The molecule has 1 fully saturated rings. The predicted molar refractivity (Wildman–Crippen MR) is 83.3 cm³/mol. The fourth-order valence-electron chi connectivity index (χ4n) is 3.39. The normalized spacial score (nSPS) is 22.6. The molecule has 1 aromatic carbocycles. The SMILES string of the molecule is CC(C)C(CNC1CC(c2ccccc2F)C1)C(C)C. The summed E-state index contributed by atoms with van der Waals surface area (Å²) in [5.41, 5.74) is 0.898. The minimum absolute atomic E-state index is 0.0433. The smallest absolute Gasteiger partial charge is 0.126 e. The third-order valence-corrected chi connectivity index (χ3v) is 4.84. The first-order valence-electron chi connectivity index (χ1n) is 7.96. The van der Waals surface area contributed by atoms with Gasteiger partial charge in [-0.15, -0.1) is 0 Å². The van der Waals surface area contributed by atoms with Crippen LogP contribution in [0.2, 0.25) is 0 Å². The average Bonchev–Trinajstić information content (AvgIpc) is 2.32. The maximum atomic E-state index is 13.7. The highest BCUT2D eigenvalue weighted by molar-refractivity contribution is 5.24. The summed E-state index contributed by atoms with van der Waals surface area (Å²) in [5.74, 6) is 2.51. The maximum Gasteiger partial charge on any atom is 0.126 e. The van der Waals surface area contributed by atoms with Gasteiger partial charge in [0.2, 0.25) is 0 Å². The van der Waals surface area contributed by atoms with Gasteiger partial charge in [0.25, 0.3) is 0 Å². The Morgan fingerprint density at radius 3 is 2.25 bits per heavy atom. The molecule has 1 aliphatic rings. The van der Waals surface area contributed by atoms with E-state index < -0.39 is 0 Å². The summed E-state index contributed by atoms with van der Waals surface area (Å²) in [7, 11) is 0. The van der Waals surface area contributed by atoms with Crippen molar-refractivity contribution in [3.63, 3.8) is 0 Å². The molecule has 1 nitrogen and oxygen atoms in total. The van der Waals surface area contributed by atoms with Gasteiger partial charge in [0, 0.05) is 6.04 Å². The Kier molecular flexibility index (Phi) is 5.20. The Balaban J connectivity index is 1.78. The lowest BCUT2D eigenvalue weighted by Gasteiger charge is -2.38. The molecule has 0 aromatic heterocycles. The Morgan fingerprint density at radius 1 is 1.10 bits per heavy atom. The molecule has 112 valence electrons. The minimum atomic E-state index is -0.0433. The Morgan fingerprint density at radius 2 is 1.70 bits per heavy atom. The number of hydrogen-bond donors (Lipinski definition) is 1. The van der Waals surface area contributed by atoms with Crippen LogP contribution in [0.5, 0.6) is 0 Å². The van der Waals surface area contributed by atoms with Gasteiger partial charge in [-0.05, 0) is 54.7 Å². The van der Waals surface area contributed by atoms with Crippen molar-refractivity contribution in [1.82, 2.24) is 5.32 Å². The summed E-state index contributed by atoms with van der Waals surface area (Å²) in [6.45, 7) is 10.3. The molecule has 1 saturated carbocycles. The van der Waals surface area contributed by atoms with Crippen LogP contribution in [-0.4, -0.2) is 12.6 Å². The molecule has 0 heterocycles. The number of halogens is 1. The van der Waals surface area contributed by atoms with E-state index in [9.17, 15) is 4.39 Å². The van der Waals surface area contributed by atoms with Crippen molar-refractivity contribution in [3.8, 4) is 0 Å². The van der Waals surface area contributed by atoms with Crippen molar-refractivity contribution < 1.29 is 4.39 Å². The molecule has 0 aliphatic heterocycles. The molecule has 0 spiro atoms. The molecule has 0 atom stereocenters. The van der Waals surface area contributed by atoms with Gasteiger partial charge in [0.15, 0.2) is 0 Å². The highest BCUT2D eigenvalue weighted by Crippen LogP contribution is 2.38. The Bertz CT molecular complexity index is 413. The number of benzene rings is 1. The second-order valence-electron chi connectivity index (χ2n) is 6.95. The number of nitrogens with one attached hydrogen (secondary N) is 1. The molecular weight excluding hydrogens is 249 g/mol. The average molecular weight is 277 g/mol. The zero-order valence-corrected chi connectivity index (χ0v) is 13.2. The predicted octanol–water partition coefficient (Wildman–Crippen LogP) is 4.59. The van der Waals surface area contributed by atoms with Crippen molar-refractivity contribution in [2.45, 2.75) is 52.5 Å². The molecule has 0 radical (unpaired) electrons. The molecular formula is C18H28FN. The van der Waals surface area contributed by atoms with E-state index in [2.05, 4.69) is 33.0 Å². The molecule has 0 unspecified atom stereocenters. The molecule has 1 aromatic rings. The van der Waals surface area contributed by atoms with Gasteiger partial charge in [-0.2, -0.15) is 0 Å². The van der Waals surface area contributed by atoms with Crippen molar-refractivity contribution in [2.24, 2.45) is 17.8 Å². The number of hydrogen-bond acceptors (Lipinski definition) is 1. The molecule has 0 amide bonds. The standard InChI is InChI=1S/C18H28FN/c1-12(2)17(13(3)4)11-20-15-9-14(10-15)16-7-5-6-8-18(16)19/h5-8,12-15,17,20H,9-11H2,1-4H3. The molecule has 2 heteroatoms. The quantitative estimate of drug-likeness (QED) is 0.802. The van der Waals surface area contributed by atoms with Crippen LogP contribution in [0.1, 0.15) is 52.0 Å². The first-order chi connectivity index (χ1) is 9.49. The fourth-order valence-corrected chi connectivity index (χ4v) is 3.39. The van der Waals surface area contributed by atoms with Gasteiger partial charge >= 0.3 is 0 Å². The molecule has 0 saturated heterocycles. The van der Waals surface area contributed by atoms with Crippen LogP contribution in [0.25, 0.3) is 0 Å². The van der Waals surface area contributed by atoms with E-state index in [1.807, 2.05) is 12.1 Å². The zero-order valence-electron chi connectivity index (χ0n) is 13.2. The van der Waals surface area contributed by atoms with Crippen LogP contribution in [0.3, 0.4) is 0 Å². The van der Waals surface area contributed by atoms with E-state index in [4.69, 9.17) is 0 Å². The van der Waals surface area contributed by atoms with Crippen molar-refractivity contribution in [2.75, 3.05) is 6.54 Å². The lowest BCUT2D eigenvalue weighted by molar-refractivity contribution is 0.223. The van der Waals surface area contributed by atoms with E-state index >= 15 is 0 Å². The largest absolute Gasteiger partial charge is 0.314 e. The second kappa shape index (κ2) is 6.71. The highest BCUT2D eigenvalue weighted by atomic mass is 19.1. The van der Waals surface area contributed by atoms with Crippen LogP contribution in [-0.2, 0) is 0 Å². The summed E-state index contributed by atoms with van der Waals surface area (Å²) < 4.78 is 13.7. The van der Waals surface area contributed by atoms with Crippen LogP contribution >= 0.6 is 0 Å². The van der Waals surface area contributed by atoms with Gasteiger partial charge in [-0.25, -0.2) is 4.39 Å². The van der Waals surface area contributed by atoms with Gasteiger partial charge in [0.1, 0.15) is 5.82 Å². The minimum Gasteiger partial charge on any atom is -0.314 e. The van der Waals surface area contributed by atoms with Crippen LogP contribution in [0.15, 0.2) is 24.3 Å². The van der Waals surface area contributed by atoms with Crippen LogP contribution < -0.4 is 5.32 Å². The molecule has 0 bridgehead atoms. The van der Waals surface area contributed by atoms with Crippen molar-refractivity contribution in [3.05, 3.63) is 35.6 Å². The van der Waals surface area contributed by atoms with E-state index in [-0.39, 0.29) is 5.82 Å². The first kappa shape index (κ1) is 15.5. The first-order valence-corrected chi connectivity index (χ1v) is 7.96. The Hall–Kier alpha value is -0.890. The lowest BCUT2D eigenvalue weighted by atomic mass is 9.75. The third-order valence-electron chi connectivity index (χ3n) is 4.84. The molecule has 1 N–H and O–H groups in total. The van der Waals surface area contributed by atoms with Gasteiger partial charge < -0.3 is 5.32 Å². The summed E-state index contributed by atoms with van der Waals surface area (Å²) in [4.78, 5) is 0. The van der Waals surface area contributed by atoms with Crippen LogP contribution in [0, 0.1) is 23.6 Å². The Labute approximate surface area is 123 Å². The van der Waals surface area contributed by atoms with Gasteiger partial charge in [0.05, 0.1) is 0 Å². The van der Waals surface area contributed by atoms with E-state index in [0.29, 0.717) is 23.8 Å². The lowest BCUT2D eigenvalue weighted by Crippen LogP contribution is -2.43. The maximum absolute atomic E-state index is 13.7. The van der Waals surface area contributed by atoms with E-state index in [1.54, 1.807) is 12.1 Å². The third kappa shape index (κ3) is 3.60. The van der Waals surface area contributed by atoms with Gasteiger partial charge in [-0.1, -0.05) is 45.9 Å². The summed E-state index contributed by atoms with van der Waals surface area (Å²) in [6, 6.07) is 7.78. The molecule has 1 aliphatic carbocycles. The second-order valence-corrected chi connectivity index (χ2v) is 6.95. The molecule has 2 rings (SSSR count). The van der Waals surface area contributed by atoms with E-state index in [1.165, 1.54) is 0 Å². The van der Waals surface area contributed by atoms with Crippen LogP contribution in [0.4, 0.5) is 4.39 Å². The molecule has 20 heavy (non-hydrogen) atoms. The van der Waals surface area contributed by atoms with Crippen molar-refractivity contribution >= 4 is 0 Å². The van der Waals surface area contributed by atoms with Crippen molar-refractivity contribution in [1.29, 1.82) is 0 Å². The monoisotopic (exact) mass is 277 g/mol. The summed E-state index contributed by atoms with van der Waals surface area (Å²) >= 11 is 0. The van der Waals surface area contributed by atoms with E-state index in [0.717, 1.165) is 30.9 Å². The summed E-state index contributed by atoms with van der Waals surface area (Å²) in [6.07, 6.45) is 2.15.